The van der Waals surface area contributed by atoms with E-state index in [0.717, 1.165) is 11.0 Å². The molecule has 0 unspecified atom stereocenters. The Hall–Kier alpha value is -3.49. The maximum absolute atomic E-state index is 14.2. The molecule has 0 aromatic heterocycles. The molecule has 2 aliphatic rings. The van der Waals surface area contributed by atoms with Crippen LogP contribution in [-0.4, -0.2) is 35.7 Å². The molecule has 2 N–H and O–H groups in total. The van der Waals surface area contributed by atoms with Gasteiger partial charge < -0.3 is 15.0 Å². The minimum Gasteiger partial charge on any atom is -0.497 e. The van der Waals surface area contributed by atoms with Gasteiger partial charge in [0.2, 0.25) is 11.8 Å². The highest BCUT2D eigenvalue weighted by Crippen LogP contribution is 2.33. The molecule has 9 heteroatoms. The second-order valence-corrected chi connectivity index (χ2v) is 7.01. The minimum absolute atomic E-state index is 0.0148. The molecule has 156 valence electrons. The van der Waals surface area contributed by atoms with Gasteiger partial charge >= 0.3 is 0 Å². The third-order valence-electron chi connectivity index (χ3n) is 5.17. The number of anilines is 1. The fourth-order valence-electron chi connectivity index (χ4n) is 3.60. The summed E-state index contributed by atoms with van der Waals surface area (Å²) in [5.41, 5.74) is 0.991. The van der Waals surface area contributed by atoms with Gasteiger partial charge in [-0.1, -0.05) is 6.07 Å². The van der Waals surface area contributed by atoms with Crippen molar-refractivity contribution in [1.29, 1.82) is 0 Å². The summed E-state index contributed by atoms with van der Waals surface area (Å²) >= 11 is 0. The van der Waals surface area contributed by atoms with Gasteiger partial charge in [0.25, 0.3) is 5.91 Å². The van der Waals surface area contributed by atoms with E-state index < -0.39 is 35.4 Å². The van der Waals surface area contributed by atoms with Gasteiger partial charge in [-0.2, -0.15) is 0 Å². The van der Waals surface area contributed by atoms with E-state index in [1.54, 1.807) is 6.07 Å². The molecule has 2 heterocycles. The van der Waals surface area contributed by atoms with Crippen LogP contribution in [0, 0.1) is 11.6 Å². The van der Waals surface area contributed by atoms with E-state index in [-0.39, 0.29) is 37.2 Å². The Kier molecular flexibility index (Phi) is 4.78. The lowest BCUT2D eigenvalue weighted by atomic mass is 10.0. The Bertz CT molecular complexity index is 1110. The van der Waals surface area contributed by atoms with E-state index in [2.05, 4.69) is 10.6 Å². The Morgan fingerprint density at radius 3 is 2.77 bits per heavy atom. The third kappa shape index (κ3) is 3.58. The summed E-state index contributed by atoms with van der Waals surface area (Å²) in [5.74, 6) is -2.90. The van der Waals surface area contributed by atoms with E-state index >= 15 is 0 Å². The number of nitrogens with one attached hydrogen (secondary N) is 2. The second-order valence-electron chi connectivity index (χ2n) is 7.01. The first-order valence-corrected chi connectivity index (χ1v) is 9.28. The van der Waals surface area contributed by atoms with E-state index in [0.29, 0.717) is 16.9 Å². The number of halogens is 2. The van der Waals surface area contributed by atoms with Crippen molar-refractivity contribution in [1.82, 2.24) is 10.2 Å². The van der Waals surface area contributed by atoms with Gasteiger partial charge in [0.15, 0.2) is 0 Å². The molecule has 0 aliphatic carbocycles. The summed E-state index contributed by atoms with van der Waals surface area (Å²) in [4.78, 5) is 37.7. The van der Waals surface area contributed by atoms with Crippen LogP contribution in [0.2, 0.25) is 0 Å². The normalized spacial score (nSPS) is 21.2. The first kappa shape index (κ1) is 18.5. The van der Waals surface area contributed by atoms with E-state index in [1.165, 1.54) is 25.3 Å². The molecule has 0 radical (unpaired) electrons. The van der Waals surface area contributed by atoms with Crippen LogP contribution in [0.4, 0.5) is 14.5 Å². The highest BCUT2D eigenvalue weighted by Gasteiger charge is 2.40. The van der Waals surface area contributed by atoms with Gasteiger partial charge in [-0.05, 0) is 24.6 Å². The number of amides is 3. The first-order valence-electron chi connectivity index (χ1n) is 9.78. The zero-order valence-corrected chi connectivity index (χ0v) is 16.1. The molecule has 3 amide bonds. The summed E-state index contributed by atoms with van der Waals surface area (Å²) in [6.45, 7) is -0.103. The highest BCUT2D eigenvalue weighted by atomic mass is 19.1. The summed E-state index contributed by atoms with van der Waals surface area (Å²) in [6.07, 6.45) is -0.231. The van der Waals surface area contributed by atoms with Crippen LogP contribution in [0.1, 0.15) is 35.7 Å². The lowest BCUT2D eigenvalue weighted by molar-refractivity contribution is -0.136. The molecule has 2 aliphatic heterocycles. The molecule has 1 saturated heterocycles. The largest absolute Gasteiger partial charge is 0.497 e. The monoisotopic (exact) mass is 416 g/mol. The zero-order chi connectivity index (χ0) is 22.3. The number of rotatable bonds is 5. The second kappa shape index (κ2) is 7.74. The highest BCUT2D eigenvalue weighted by molar-refractivity contribution is 6.06. The molecule has 2 aromatic rings. The Morgan fingerprint density at radius 1 is 1.27 bits per heavy atom. The van der Waals surface area contributed by atoms with Gasteiger partial charge in [0.05, 0.1) is 8.48 Å². The van der Waals surface area contributed by atoms with Crippen LogP contribution in [-0.2, 0) is 22.7 Å². The van der Waals surface area contributed by atoms with Crippen molar-refractivity contribution in [2.75, 3.05) is 12.4 Å². The molecule has 7 nitrogen and oxygen atoms in total. The van der Waals surface area contributed by atoms with Crippen LogP contribution in [0.5, 0.6) is 5.75 Å². The van der Waals surface area contributed by atoms with E-state index in [1.807, 2.05) is 0 Å². The van der Waals surface area contributed by atoms with Gasteiger partial charge in [-0.15, -0.1) is 0 Å². The molecule has 0 bridgehead atoms. The number of hydrogen-bond acceptors (Lipinski definition) is 5. The molecule has 2 aromatic carbocycles. The first-order chi connectivity index (χ1) is 14.7. The average molecular weight is 416 g/mol. The van der Waals surface area contributed by atoms with Gasteiger partial charge in [-0.3, -0.25) is 19.7 Å². The summed E-state index contributed by atoms with van der Waals surface area (Å²) in [6, 6.07) is 4.60. The van der Waals surface area contributed by atoms with Gasteiger partial charge in [-0.25, -0.2) is 8.78 Å². The average Bonchev–Trinajstić information content (AvgIpc) is 3.07. The van der Waals surface area contributed by atoms with Crippen molar-refractivity contribution in [3.8, 4) is 5.75 Å². The fraction of sp³-hybridized carbons (Fsp3) is 0.286. The summed E-state index contributed by atoms with van der Waals surface area (Å²) in [5, 5.41) is 5.02. The van der Waals surface area contributed by atoms with E-state index in [4.69, 9.17) is 6.11 Å². The maximum Gasteiger partial charge on any atom is 0.255 e. The number of fused-ring (bicyclic) bond motifs is 1. The fourth-order valence-corrected chi connectivity index (χ4v) is 3.60. The lowest BCUT2D eigenvalue weighted by Gasteiger charge is -2.29. The predicted octanol–water partition coefficient (Wildman–Crippen LogP) is 2.35. The van der Waals surface area contributed by atoms with E-state index in [9.17, 15) is 23.2 Å². The summed E-state index contributed by atoms with van der Waals surface area (Å²) < 4.78 is 41.9. The predicted molar refractivity (Wildman–Crippen MR) is 103 cm³/mol. The number of piperidine rings is 1. The van der Waals surface area contributed by atoms with Crippen molar-refractivity contribution in [2.45, 2.75) is 31.9 Å². The number of hydrogen-bond donors (Lipinski definition) is 2. The van der Waals surface area contributed by atoms with Crippen molar-refractivity contribution in [3.05, 3.63) is 58.7 Å². The van der Waals surface area contributed by atoms with Crippen LogP contribution in [0.15, 0.2) is 30.3 Å². The van der Waals surface area contributed by atoms with Gasteiger partial charge in [0, 0.05) is 48.0 Å². The molecule has 1 fully saturated rings. The van der Waals surface area contributed by atoms with Crippen molar-refractivity contribution < 1.29 is 29.3 Å². The van der Waals surface area contributed by atoms with Gasteiger partial charge in [0.1, 0.15) is 23.4 Å². The number of imide groups is 1. The molecule has 4 rings (SSSR count). The number of ether oxygens (including phenoxy) is 1. The van der Waals surface area contributed by atoms with Crippen molar-refractivity contribution in [3.63, 3.8) is 0 Å². The van der Waals surface area contributed by atoms with Crippen LogP contribution in [0.25, 0.3) is 0 Å². The number of benzene rings is 2. The zero-order valence-electron chi connectivity index (χ0n) is 17.1. The summed E-state index contributed by atoms with van der Waals surface area (Å²) in [7, 11) is 1.42. The molecule has 30 heavy (non-hydrogen) atoms. The van der Waals surface area contributed by atoms with Crippen LogP contribution < -0.4 is 15.4 Å². The smallest absolute Gasteiger partial charge is 0.255 e. The molecule has 1 atom stereocenters. The Balaban J connectivity index is 1.61. The topological polar surface area (TPSA) is 87.7 Å². The lowest BCUT2D eigenvalue weighted by Crippen LogP contribution is -2.52. The van der Waals surface area contributed by atoms with Crippen LogP contribution >= 0.6 is 0 Å². The molecular weight excluding hydrogens is 396 g/mol. The SMILES string of the molecule is [2H][C@]1(N2Cc3c(NCc4ccc(OC)cc4F)cc(F)cc3C2=O)CCC(=O)NC1=O. The Labute approximate surface area is 172 Å². The standard InChI is InChI=1S/C21H19F2N3O4/c1-30-13-3-2-11(16(23)8-13)9-24-17-7-12(22)6-14-15(17)10-26(21(14)29)18-4-5-19(27)25-20(18)28/h2-3,6-8,18,24H,4-5,9-10H2,1H3,(H,25,27,28)/t18-/m0/s1/i18D. The quantitative estimate of drug-likeness (QED) is 0.731. The molecular formula is C21H19F2N3O4. The number of nitrogens with zero attached hydrogens (tertiary/aromatic N) is 1. The Morgan fingerprint density at radius 2 is 2.07 bits per heavy atom. The number of carbonyl (C=O) groups is 3. The minimum atomic E-state index is -1.97. The maximum atomic E-state index is 14.2. The van der Waals surface area contributed by atoms with Crippen molar-refractivity contribution in [2.24, 2.45) is 0 Å². The number of carbonyl (C=O) groups excluding carboxylic acids is 3. The molecule has 0 spiro atoms. The third-order valence-corrected chi connectivity index (χ3v) is 5.17. The van der Waals surface area contributed by atoms with Crippen molar-refractivity contribution >= 4 is 23.4 Å². The van der Waals surface area contributed by atoms with Crippen LogP contribution in [0.3, 0.4) is 0 Å². The molecule has 0 saturated carbocycles. The number of methoxy groups -OCH3 is 1.